The predicted molar refractivity (Wildman–Crippen MR) is 60.7 cm³/mol. The number of halogens is 1. The molecule has 84 valence electrons. The van der Waals surface area contributed by atoms with Crippen LogP contribution in [0.3, 0.4) is 0 Å². The van der Waals surface area contributed by atoms with E-state index in [9.17, 15) is 4.79 Å². The summed E-state index contributed by atoms with van der Waals surface area (Å²) in [5, 5.41) is 6.37. The summed E-state index contributed by atoms with van der Waals surface area (Å²) in [4.78, 5) is 11.5. The highest BCUT2D eigenvalue weighted by atomic mass is 35.5. The van der Waals surface area contributed by atoms with Crippen molar-refractivity contribution in [3.63, 3.8) is 0 Å². The Balaban J connectivity index is 0.00000169. The Morgan fingerprint density at radius 2 is 2.07 bits per heavy atom. The van der Waals surface area contributed by atoms with E-state index in [0.29, 0.717) is 6.04 Å². The first kappa shape index (κ1) is 13.7. The molecule has 1 saturated heterocycles. The highest BCUT2D eigenvalue weighted by Gasteiger charge is 2.17. The van der Waals surface area contributed by atoms with Gasteiger partial charge in [0, 0.05) is 12.0 Å². The van der Waals surface area contributed by atoms with Crippen LogP contribution in [0.15, 0.2) is 0 Å². The molecule has 0 bridgehead atoms. The van der Waals surface area contributed by atoms with Gasteiger partial charge in [0.05, 0.1) is 0 Å². The Hall–Kier alpha value is -0.280. The normalized spacial score (nSPS) is 19.6. The summed E-state index contributed by atoms with van der Waals surface area (Å²) in [6, 6.07) is 0.405. The number of nitrogens with one attached hydrogen (secondary N) is 2. The molecule has 2 N–H and O–H groups in total. The van der Waals surface area contributed by atoms with E-state index in [1.807, 2.05) is 13.8 Å². The molecular formula is C10H21ClN2O. The second-order valence-corrected chi connectivity index (χ2v) is 3.84. The molecule has 1 fully saturated rings. The number of piperidine rings is 1. The Labute approximate surface area is 92.4 Å². The van der Waals surface area contributed by atoms with E-state index in [2.05, 4.69) is 10.6 Å². The number of amides is 1. The summed E-state index contributed by atoms with van der Waals surface area (Å²) in [6.45, 7) is 6.10. The second kappa shape index (κ2) is 7.07. The van der Waals surface area contributed by atoms with Crippen molar-refractivity contribution >= 4 is 18.3 Å². The molecule has 1 rings (SSSR count). The minimum absolute atomic E-state index is 0. The minimum atomic E-state index is 0. The van der Waals surface area contributed by atoms with Gasteiger partial charge in [-0.1, -0.05) is 13.8 Å². The molecule has 0 aromatic rings. The quantitative estimate of drug-likeness (QED) is 0.754. The molecule has 0 aromatic heterocycles. The van der Waals surface area contributed by atoms with Crippen LogP contribution in [0.25, 0.3) is 0 Å². The van der Waals surface area contributed by atoms with Crippen molar-refractivity contribution in [2.24, 2.45) is 5.92 Å². The zero-order valence-corrected chi connectivity index (χ0v) is 9.82. The summed E-state index contributed by atoms with van der Waals surface area (Å²) >= 11 is 0. The van der Waals surface area contributed by atoms with Crippen LogP contribution in [-0.2, 0) is 4.79 Å². The number of hydrogen-bond donors (Lipinski definition) is 2. The van der Waals surface area contributed by atoms with Crippen LogP contribution < -0.4 is 10.6 Å². The van der Waals surface area contributed by atoms with Crippen LogP contribution >= 0.6 is 12.4 Å². The third-order valence-corrected chi connectivity index (χ3v) is 2.75. The smallest absolute Gasteiger partial charge is 0.223 e. The van der Waals surface area contributed by atoms with Crippen LogP contribution in [0.5, 0.6) is 0 Å². The molecule has 1 unspecified atom stereocenters. The van der Waals surface area contributed by atoms with Gasteiger partial charge in [-0.3, -0.25) is 4.79 Å². The monoisotopic (exact) mass is 220 g/mol. The van der Waals surface area contributed by atoms with Crippen molar-refractivity contribution in [3.05, 3.63) is 0 Å². The van der Waals surface area contributed by atoms with Gasteiger partial charge in [0.1, 0.15) is 0 Å². The largest absolute Gasteiger partial charge is 0.353 e. The molecule has 1 atom stereocenters. The molecule has 0 saturated carbocycles. The van der Waals surface area contributed by atoms with Gasteiger partial charge in [0.15, 0.2) is 0 Å². The van der Waals surface area contributed by atoms with Crippen molar-refractivity contribution in [1.29, 1.82) is 0 Å². The zero-order valence-electron chi connectivity index (χ0n) is 9.01. The van der Waals surface area contributed by atoms with Gasteiger partial charge in [-0.2, -0.15) is 0 Å². The van der Waals surface area contributed by atoms with E-state index in [1.54, 1.807) is 0 Å². The molecule has 14 heavy (non-hydrogen) atoms. The van der Waals surface area contributed by atoms with Crippen LogP contribution in [0.1, 0.15) is 33.1 Å². The molecule has 3 nitrogen and oxygen atoms in total. The van der Waals surface area contributed by atoms with Crippen LogP contribution in [-0.4, -0.2) is 25.0 Å². The number of carbonyl (C=O) groups excluding carboxylic acids is 1. The third-order valence-electron chi connectivity index (χ3n) is 2.75. The van der Waals surface area contributed by atoms with Gasteiger partial charge in [-0.15, -0.1) is 12.4 Å². The maximum atomic E-state index is 11.5. The molecular weight excluding hydrogens is 200 g/mol. The lowest BCUT2D eigenvalue weighted by molar-refractivity contribution is -0.125. The van der Waals surface area contributed by atoms with Gasteiger partial charge >= 0.3 is 0 Å². The van der Waals surface area contributed by atoms with Crippen LogP contribution in [0, 0.1) is 5.92 Å². The van der Waals surface area contributed by atoms with Crippen molar-refractivity contribution < 1.29 is 4.79 Å². The number of carbonyl (C=O) groups is 1. The molecule has 0 spiro atoms. The Kier molecular flexibility index (Phi) is 6.93. The van der Waals surface area contributed by atoms with Gasteiger partial charge in [0.25, 0.3) is 0 Å². The maximum Gasteiger partial charge on any atom is 0.223 e. The fraction of sp³-hybridized carbons (Fsp3) is 0.900. The Bertz CT molecular complexity index is 170. The lowest BCUT2D eigenvalue weighted by atomic mass is 10.0. The molecule has 0 aromatic carbocycles. The molecule has 0 radical (unpaired) electrons. The first-order valence-electron chi connectivity index (χ1n) is 5.25. The van der Waals surface area contributed by atoms with Gasteiger partial charge in [-0.25, -0.2) is 0 Å². The van der Waals surface area contributed by atoms with Gasteiger partial charge in [0.2, 0.25) is 5.91 Å². The average molecular weight is 221 g/mol. The summed E-state index contributed by atoms with van der Waals surface area (Å²) < 4.78 is 0. The lowest BCUT2D eigenvalue weighted by Crippen LogP contribution is -2.44. The van der Waals surface area contributed by atoms with E-state index in [0.717, 1.165) is 32.4 Å². The van der Waals surface area contributed by atoms with E-state index >= 15 is 0 Å². The van der Waals surface area contributed by atoms with Crippen molar-refractivity contribution in [1.82, 2.24) is 10.6 Å². The summed E-state index contributed by atoms with van der Waals surface area (Å²) in [5.41, 5.74) is 0. The van der Waals surface area contributed by atoms with Crippen LogP contribution in [0.2, 0.25) is 0 Å². The topological polar surface area (TPSA) is 41.1 Å². The summed E-state index contributed by atoms with van der Waals surface area (Å²) in [6.07, 6.45) is 3.07. The molecule has 1 aliphatic rings. The zero-order chi connectivity index (χ0) is 9.68. The second-order valence-electron chi connectivity index (χ2n) is 3.84. The first-order valence-corrected chi connectivity index (χ1v) is 5.25. The standard InChI is InChI=1S/C10H20N2O.ClH/c1-3-8(2)10(13)12-9-4-6-11-7-5-9;/h8-9,11H,3-7H2,1-2H3,(H,12,13);1H. The van der Waals surface area contributed by atoms with E-state index in [-0.39, 0.29) is 24.2 Å². The Morgan fingerprint density at radius 1 is 1.50 bits per heavy atom. The molecule has 1 aliphatic heterocycles. The van der Waals surface area contributed by atoms with E-state index < -0.39 is 0 Å². The SMILES string of the molecule is CCC(C)C(=O)NC1CCNCC1.Cl. The predicted octanol–water partition coefficient (Wildman–Crippen LogP) is 1.32. The van der Waals surface area contributed by atoms with E-state index in [1.165, 1.54) is 0 Å². The van der Waals surface area contributed by atoms with Gasteiger partial charge < -0.3 is 10.6 Å². The minimum Gasteiger partial charge on any atom is -0.353 e. The van der Waals surface area contributed by atoms with Crippen LogP contribution in [0.4, 0.5) is 0 Å². The fourth-order valence-corrected chi connectivity index (χ4v) is 1.50. The first-order chi connectivity index (χ1) is 6.24. The summed E-state index contributed by atoms with van der Waals surface area (Å²) in [5.74, 6) is 0.379. The van der Waals surface area contributed by atoms with Crippen molar-refractivity contribution in [3.8, 4) is 0 Å². The number of rotatable bonds is 3. The highest BCUT2D eigenvalue weighted by Crippen LogP contribution is 2.05. The number of hydrogen-bond acceptors (Lipinski definition) is 2. The molecule has 1 heterocycles. The summed E-state index contributed by atoms with van der Waals surface area (Å²) in [7, 11) is 0. The fourth-order valence-electron chi connectivity index (χ4n) is 1.50. The van der Waals surface area contributed by atoms with Crippen molar-refractivity contribution in [2.45, 2.75) is 39.2 Å². The van der Waals surface area contributed by atoms with E-state index in [4.69, 9.17) is 0 Å². The van der Waals surface area contributed by atoms with Crippen molar-refractivity contribution in [2.75, 3.05) is 13.1 Å². The molecule has 4 heteroatoms. The molecule has 1 amide bonds. The molecule has 0 aliphatic carbocycles. The van der Waals surface area contributed by atoms with Gasteiger partial charge in [-0.05, 0) is 32.4 Å². The maximum absolute atomic E-state index is 11.5. The highest BCUT2D eigenvalue weighted by molar-refractivity contribution is 5.85. The lowest BCUT2D eigenvalue weighted by Gasteiger charge is -2.24. The average Bonchev–Trinajstić information content (AvgIpc) is 2.18. The third kappa shape index (κ3) is 4.29. The Morgan fingerprint density at radius 3 is 2.57 bits per heavy atom.